The van der Waals surface area contributed by atoms with Crippen molar-refractivity contribution >= 4 is 23.7 Å². The number of amides is 1. The van der Waals surface area contributed by atoms with E-state index in [-0.39, 0.29) is 19.1 Å². The van der Waals surface area contributed by atoms with Gasteiger partial charge in [-0.3, -0.25) is 4.79 Å². The topological polar surface area (TPSA) is 119 Å². The van der Waals surface area contributed by atoms with Crippen LogP contribution in [0.1, 0.15) is 55.7 Å². The Morgan fingerprint density at radius 2 is 2.00 bits per heavy atom. The molecule has 0 aromatic heterocycles. The van der Waals surface area contributed by atoms with Gasteiger partial charge in [-0.15, -0.1) is 11.8 Å². The Labute approximate surface area is 184 Å². The monoisotopic (exact) mass is 436 g/mol. The Morgan fingerprint density at radius 1 is 1.33 bits per heavy atom. The summed E-state index contributed by atoms with van der Waals surface area (Å²) in [6.45, 7) is 6.05. The van der Waals surface area contributed by atoms with E-state index in [0.29, 0.717) is 29.8 Å². The molecule has 0 bridgehead atoms. The van der Waals surface area contributed by atoms with Gasteiger partial charge in [0.2, 0.25) is 5.91 Å². The molecule has 30 heavy (non-hydrogen) atoms. The van der Waals surface area contributed by atoms with Gasteiger partial charge in [-0.25, -0.2) is 0 Å². The standard InChI is InChI=1S/C23H36N2O4S/c1-15-11-20(29-14-19(27)13-26)12-16(2)21(15)7-10-30-17(3)18-5-4-8-23(25,9-6-18)22(24)28/h7,10-12,17-19,26-27H,4-6,8-9,13-14,25H2,1-3H3,(H2,24,28)/b10-7+/t17-,18?,19+,23?/m0/s1. The molecule has 0 radical (unpaired) electrons. The molecule has 6 nitrogen and oxygen atoms in total. The van der Waals surface area contributed by atoms with Crippen LogP contribution >= 0.6 is 11.8 Å². The van der Waals surface area contributed by atoms with Crippen molar-refractivity contribution in [3.63, 3.8) is 0 Å². The molecule has 1 aliphatic carbocycles. The number of aryl methyl sites for hydroxylation is 2. The van der Waals surface area contributed by atoms with Crippen LogP contribution in [-0.4, -0.2) is 46.2 Å². The third kappa shape index (κ3) is 6.74. The van der Waals surface area contributed by atoms with E-state index in [2.05, 4.69) is 18.4 Å². The molecule has 1 aromatic rings. The van der Waals surface area contributed by atoms with Crippen LogP contribution in [0.3, 0.4) is 0 Å². The maximum Gasteiger partial charge on any atom is 0.237 e. The second-order valence-corrected chi connectivity index (χ2v) is 9.76. The van der Waals surface area contributed by atoms with E-state index in [9.17, 15) is 9.90 Å². The van der Waals surface area contributed by atoms with Gasteiger partial charge in [0.05, 0.1) is 12.1 Å². The van der Waals surface area contributed by atoms with Crippen molar-refractivity contribution in [3.8, 4) is 5.75 Å². The van der Waals surface area contributed by atoms with E-state index >= 15 is 0 Å². The molecule has 1 saturated carbocycles. The quantitative estimate of drug-likeness (QED) is 0.442. The number of aliphatic hydroxyl groups excluding tert-OH is 2. The lowest BCUT2D eigenvalue weighted by Crippen LogP contribution is -2.51. The summed E-state index contributed by atoms with van der Waals surface area (Å²) in [5.74, 6) is 0.821. The van der Waals surface area contributed by atoms with Crippen molar-refractivity contribution in [3.05, 3.63) is 34.2 Å². The second-order valence-electron chi connectivity index (χ2n) is 8.47. The van der Waals surface area contributed by atoms with Crippen molar-refractivity contribution < 1.29 is 19.7 Å². The lowest BCUT2D eigenvalue weighted by atomic mass is 9.90. The average molecular weight is 437 g/mol. The SMILES string of the molecule is Cc1cc(OC[C@H](O)CO)cc(C)c1/C=C/S[C@@H](C)C1CCCC(N)(C(N)=O)CC1. The fourth-order valence-corrected chi connectivity index (χ4v) is 4.93. The van der Waals surface area contributed by atoms with Gasteiger partial charge in [0.25, 0.3) is 0 Å². The summed E-state index contributed by atoms with van der Waals surface area (Å²) in [4.78, 5) is 11.7. The van der Waals surface area contributed by atoms with Crippen LogP contribution in [0.5, 0.6) is 5.75 Å². The predicted octanol–water partition coefficient (Wildman–Crippen LogP) is 2.89. The summed E-state index contributed by atoms with van der Waals surface area (Å²) in [7, 11) is 0. The minimum Gasteiger partial charge on any atom is -0.491 e. The number of rotatable bonds is 9. The Morgan fingerprint density at radius 3 is 2.60 bits per heavy atom. The molecule has 7 heteroatoms. The van der Waals surface area contributed by atoms with Gasteiger partial charge >= 0.3 is 0 Å². The molecule has 2 rings (SSSR count). The van der Waals surface area contributed by atoms with Crippen molar-refractivity contribution in [1.82, 2.24) is 0 Å². The predicted molar refractivity (Wildman–Crippen MR) is 123 cm³/mol. The maximum absolute atomic E-state index is 11.7. The van der Waals surface area contributed by atoms with E-state index in [1.807, 2.05) is 26.0 Å². The lowest BCUT2D eigenvalue weighted by Gasteiger charge is -2.24. The van der Waals surface area contributed by atoms with E-state index in [4.69, 9.17) is 21.3 Å². The van der Waals surface area contributed by atoms with Crippen molar-refractivity contribution in [2.75, 3.05) is 13.2 Å². The van der Waals surface area contributed by atoms with Crippen LogP contribution in [0.25, 0.3) is 6.08 Å². The van der Waals surface area contributed by atoms with Crippen molar-refractivity contribution in [2.45, 2.75) is 69.8 Å². The van der Waals surface area contributed by atoms with Gasteiger partial charge in [0.15, 0.2) is 0 Å². The van der Waals surface area contributed by atoms with E-state index in [1.54, 1.807) is 11.8 Å². The molecule has 1 fully saturated rings. The van der Waals surface area contributed by atoms with E-state index < -0.39 is 11.6 Å². The minimum absolute atomic E-state index is 0.0686. The minimum atomic E-state index is -0.875. The van der Waals surface area contributed by atoms with Gasteiger partial charge in [-0.2, -0.15) is 0 Å². The third-order valence-corrected chi connectivity index (χ3v) is 7.17. The van der Waals surface area contributed by atoms with Gasteiger partial charge < -0.3 is 26.4 Å². The van der Waals surface area contributed by atoms with E-state index in [1.165, 1.54) is 0 Å². The Balaban J connectivity index is 1.95. The van der Waals surface area contributed by atoms with E-state index in [0.717, 1.165) is 36.0 Å². The van der Waals surface area contributed by atoms with Crippen LogP contribution in [0.15, 0.2) is 17.5 Å². The summed E-state index contributed by atoms with van der Waals surface area (Å²) in [6.07, 6.45) is 5.51. The zero-order valence-electron chi connectivity index (χ0n) is 18.3. The highest BCUT2D eigenvalue weighted by Crippen LogP contribution is 2.35. The maximum atomic E-state index is 11.7. The number of thioether (sulfide) groups is 1. The first-order chi connectivity index (χ1) is 14.2. The lowest BCUT2D eigenvalue weighted by molar-refractivity contribution is -0.123. The molecule has 2 unspecified atom stereocenters. The molecule has 1 amide bonds. The molecule has 4 atom stereocenters. The first-order valence-electron chi connectivity index (χ1n) is 10.6. The number of nitrogens with two attached hydrogens (primary N) is 2. The van der Waals surface area contributed by atoms with Crippen LogP contribution in [0.2, 0.25) is 0 Å². The third-order valence-electron chi connectivity index (χ3n) is 6.06. The highest BCUT2D eigenvalue weighted by molar-refractivity contribution is 8.02. The summed E-state index contributed by atoms with van der Waals surface area (Å²) in [6, 6.07) is 3.89. The number of carbonyl (C=O) groups excluding carboxylic acids is 1. The fourth-order valence-electron chi connectivity index (χ4n) is 3.98. The second kappa shape index (κ2) is 11.2. The Bertz CT molecular complexity index is 732. The molecule has 0 spiro atoms. The molecule has 1 aliphatic rings. The summed E-state index contributed by atoms with van der Waals surface area (Å²) in [5, 5.41) is 20.9. The molecule has 0 aliphatic heterocycles. The Kier molecular flexibility index (Phi) is 9.22. The summed E-state index contributed by atoms with van der Waals surface area (Å²) < 4.78 is 5.56. The molecule has 1 aromatic carbocycles. The summed E-state index contributed by atoms with van der Waals surface area (Å²) in [5.41, 5.74) is 14.2. The molecule has 0 heterocycles. The van der Waals surface area contributed by atoms with Gasteiger partial charge in [-0.05, 0) is 85.8 Å². The smallest absolute Gasteiger partial charge is 0.237 e. The number of ether oxygens (including phenoxy) is 1. The first kappa shape index (κ1) is 24.7. The van der Waals surface area contributed by atoms with Crippen LogP contribution in [0.4, 0.5) is 0 Å². The molecule has 6 N–H and O–H groups in total. The van der Waals surface area contributed by atoms with Gasteiger partial charge in [0.1, 0.15) is 18.5 Å². The Hall–Kier alpha value is -1.54. The van der Waals surface area contributed by atoms with Gasteiger partial charge in [0, 0.05) is 5.25 Å². The van der Waals surface area contributed by atoms with Crippen LogP contribution in [0, 0.1) is 19.8 Å². The number of primary amides is 1. The first-order valence-corrected chi connectivity index (χ1v) is 11.5. The number of hydrogen-bond donors (Lipinski definition) is 4. The molecular formula is C23H36N2O4S. The van der Waals surface area contributed by atoms with Crippen molar-refractivity contribution in [1.29, 1.82) is 0 Å². The van der Waals surface area contributed by atoms with Crippen LogP contribution in [-0.2, 0) is 4.79 Å². The van der Waals surface area contributed by atoms with Crippen LogP contribution < -0.4 is 16.2 Å². The number of hydrogen-bond acceptors (Lipinski definition) is 6. The normalized spacial score (nSPS) is 24.4. The number of carbonyl (C=O) groups is 1. The highest BCUT2D eigenvalue weighted by atomic mass is 32.2. The summed E-state index contributed by atoms with van der Waals surface area (Å²) >= 11 is 1.80. The van der Waals surface area contributed by atoms with Crippen molar-refractivity contribution in [2.24, 2.45) is 17.4 Å². The molecular weight excluding hydrogens is 400 g/mol. The highest BCUT2D eigenvalue weighted by Gasteiger charge is 2.35. The zero-order chi connectivity index (χ0) is 22.3. The largest absolute Gasteiger partial charge is 0.491 e. The zero-order valence-corrected chi connectivity index (χ0v) is 19.1. The number of aliphatic hydroxyl groups is 2. The molecule has 0 saturated heterocycles. The number of benzene rings is 1. The van der Waals surface area contributed by atoms with Gasteiger partial charge in [-0.1, -0.05) is 13.3 Å². The fraction of sp³-hybridized carbons (Fsp3) is 0.609. The molecule has 168 valence electrons. The average Bonchev–Trinajstić information content (AvgIpc) is 2.90.